The molecule has 2 heterocycles. The fraction of sp³-hybridized carbons (Fsp3) is 0.429. The maximum absolute atomic E-state index is 11.6. The number of primary amides is 1. The highest BCUT2D eigenvalue weighted by Crippen LogP contribution is 2.22. The summed E-state index contributed by atoms with van der Waals surface area (Å²) in [4.78, 5) is 15.9. The van der Waals surface area contributed by atoms with Crippen LogP contribution in [0.25, 0.3) is 0 Å². The van der Waals surface area contributed by atoms with Crippen molar-refractivity contribution >= 4 is 5.91 Å². The molecule has 0 radical (unpaired) electrons. The molecule has 2 unspecified atom stereocenters. The van der Waals surface area contributed by atoms with Gasteiger partial charge in [0.25, 0.3) is 0 Å². The van der Waals surface area contributed by atoms with Gasteiger partial charge >= 0.3 is 0 Å². The van der Waals surface area contributed by atoms with Gasteiger partial charge in [-0.2, -0.15) is 0 Å². The molecule has 6 heteroatoms. The van der Waals surface area contributed by atoms with Crippen LogP contribution in [0.15, 0.2) is 35.2 Å². The van der Waals surface area contributed by atoms with Crippen molar-refractivity contribution in [3.8, 4) is 0 Å². The first-order valence-corrected chi connectivity index (χ1v) is 6.56. The lowest BCUT2D eigenvalue weighted by atomic mass is 10.0. The summed E-state index contributed by atoms with van der Waals surface area (Å²) in [7, 11) is 1.90. The molecule has 2 aromatic rings. The highest BCUT2D eigenvalue weighted by atomic mass is 16.3. The van der Waals surface area contributed by atoms with Crippen molar-refractivity contribution in [2.75, 3.05) is 0 Å². The molecule has 0 aromatic carbocycles. The van der Waals surface area contributed by atoms with Crippen LogP contribution >= 0.6 is 0 Å². The predicted molar refractivity (Wildman–Crippen MR) is 74.7 cm³/mol. The zero-order valence-electron chi connectivity index (χ0n) is 11.9. The van der Waals surface area contributed by atoms with E-state index in [9.17, 15) is 4.79 Å². The summed E-state index contributed by atoms with van der Waals surface area (Å²) in [5.74, 6) is 1.16. The van der Waals surface area contributed by atoms with E-state index in [1.807, 2.05) is 43.8 Å². The van der Waals surface area contributed by atoms with E-state index in [1.165, 1.54) is 0 Å². The maximum atomic E-state index is 11.6. The maximum Gasteiger partial charge on any atom is 0.234 e. The molecule has 0 saturated carbocycles. The molecule has 108 valence electrons. The molecule has 20 heavy (non-hydrogen) atoms. The topological polar surface area (TPSA) is 86.1 Å². The minimum atomic E-state index is -0.457. The first kappa shape index (κ1) is 14.3. The van der Waals surface area contributed by atoms with Gasteiger partial charge in [-0.25, -0.2) is 4.98 Å². The van der Waals surface area contributed by atoms with Crippen LogP contribution in [0.5, 0.6) is 0 Å². The van der Waals surface area contributed by atoms with Gasteiger partial charge in [-0.1, -0.05) is 13.8 Å². The molecule has 0 fully saturated rings. The minimum absolute atomic E-state index is 0.0743. The largest absolute Gasteiger partial charge is 0.467 e. The van der Waals surface area contributed by atoms with Gasteiger partial charge in [-0.3, -0.25) is 10.1 Å². The number of aryl methyl sites for hydroxylation is 1. The second-order valence-electron chi connectivity index (χ2n) is 5.14. The second kappa shape index (κ2) is 5.92. The van der Waals surface area contributed by atoms with Crippen LogP contribution in [-0.2, 0) is 11.8 Å². The van der Waals surface area contributed by atoms with Gasteiger partial charge in [0, 0.05) is 19.4 Å². The van der Waals surface area contributed by atoms with Crippen LogP contribution in [0.3, 0.4) is 0 Å². The average molecular weight is 276 g/mol. The third kappa shape index (κ3) is 2.91. The predicted octanol–water partition coefficient (Wildman–Crippen LogP) is 1.20. The Hall–Kier alpha value is -2.08. The molecule has 0 aliphatic rings. The highest BCUT2D eigenvalue weighted by Gasteiger charge is 2.28. The van der Waals surface area contributed by atoms with E-state index < -0.39 is 6.04 Å². The summed E-state index contributed by atoms with van der Waals surface area (Å²) in [6.45, 7) is 3.89. The summed E-state index contributed by atoms with van der Waals surface area (Å²) >= 11 is 0. The molecule has 2 aromatic heterocycles. The quantitative estimate of drug-likeness (QED) is 0.830. The lowest BCUT2D eigenvalue weighted by Crippen LogP contribution is -2.47. The number of carbonyl (C=O) groups is 1. The van der Waals surface area contributed by atoms with E-state index in [1.54, 1.807) is 12.5 Å². The van der Waals surface area contributed by atoms with E-state index in [2.05, 4.69) is 10.3 Å². The van der Waals surface area contributed by atoms with Gasteiger partial charge in [0.05, 0.1) is 12.3 Å². The zero-order chi connectivity index (χ0) is 14.7. The van der Waals surface area contributed by atoms with Gasteiger partial charge in [-0.05, 0) is 18.1 Å². The molecule has 0 bridgehead atoms. The SMILES string of the molecule is CC(C)C(NC(c1ccco1)c1nccn1C)C(N)=O. The van der Waals surface area contributed by atoms with Gasteiger partial charge in [-0.15, -0.1) is 0 Å². The number of rotatable bonds is 6. The van der Waals surface area contributed by atoms with Crippen molar-refractivity contribution in [2.45, 2.75) is 25.9 Å². The first-order valence-electron chi connectivity index (χ1n) is 6.56. The Balaban J connectivity index is 2.33. The second-order valence-corrected chi connectivity index (χ2v) is 5.14. The molecule has 1 amide bonds. The Morgan fingerprint density at radius 3 is 2.70 bits per heavy atom. The highest BCUT2D eigenvalue weighted by molar-refractivity contribution is 5.80. The Morgan fingerprint density at radius 2 is 2.25 bits per heavy atom. The van der Waals surface area contributed by atoms with Crippen molar-refractivity contribution in [2.24, 2.45) is 18.7 Å². The lowest BCUT2D eigenvalue weighted by molar-refractivity contribution is -0.121. The number of imidazole rings is 1. The van der Waals surface area contributed by atoms with E-state index in [0.29, 0.717) is 5.76 Å². The zero-order valence-corrected chi connectivity index (χ0v) is 11.9. The monoisotopic (exact) mass is 276 g/mol. The van der Waals surface area contributed by atoms with Gasteiger partial charge < -0.3 is 14.7 Å². The average Bonchev–Trinajstić information content (AvgIpc) is 3.01. The lowest BCUT2D eigenvalue weighted by Gasteiger charge is -2.24. The smallest absolute Gasteiger partial charge is 0.234 e. The third-order valence-electron chi connectivity index (χ3n) is 3.26. The fourth-order valence-electron chi connectivity index (χ4n) is 2.18. The van der Waals surface area contributed by atoms with E-state index >= 15 is 0 Å². The molecule has 2 atom stereocenters. The summed E-state index contributed by atoms with van der Waals surface area (Å²) in [5, 5.41) is 3.25. The van der Waals surface area contributed by atoms with Crippen LogP contribution in [-0.4, -0.2) is 21.5 Å². The number of aromatic nitrogens is 2. The standard InChI is InChI=1S/C14H20N4O2/c1-9(2)11(13(15)19)17-12(10-5-4-8-20-10)14-16-6-7-18(14)3/h4-9,11-12,17H,1-3H3,(H2,15,19). The molecule has 0 aliphatic heterocycles. The van der Waals surface area contributed by atoms with Crippen molar-refractivity contribution in [3.63, 3.8) is 0 Å². The number of nitrogens with zero attached hydrogens (tertiary/aromatic N) is 2. The van der Waals surface area contributed by atoms with E-state index in [0.717, 1.165) is 5.82 Å². The molecular formula is C14H20N4O2. The normalized spacial score (nSPS) is 14.4. The Bertz CT molecular complexity index is 560. The van der Waals surface area contributed by atoms with Crippen LogP contribution in [0, 0.1) is 5.92 Å². The van der Waals surface area contributed by atoms with Crippen molar-refractivity contribution < 1.29 is 9.21 Å². The molecule has 3 N–H and O–H groups in total. The minimum Gasteiger partial charge on any atom is -0.467 e. The number of nitrogens with one attached hydrogen (secondary N) is 1. The Labute approximate surface area is 118 Å². The van der Waals surface area contributed by atoms with Crippen LogP contribution in [0.1, 0.15) is 31.5 Å². The van der Waals surface area contributed by atoms with Crippen LogP contribution < -0.4 is 11.1 Å². The summed E-state index contributed by atoms with van der Waals surface area (Å²) in [6.07, 6.45) is 5.16. The number of nitrogens with two attached hydrogens (primary N) is 1. The fourth-order valence-corrected chi connectivity index (χ4v) is 2.18. The molecule has 0 saturated heterocycles. The molecule has 0 spiro atoms. The van der Waals surface area contributed by atoms with Gasteiger partial charge in [0.15, 0.2) is 0 Å². The van der Waals surface area contributed by atoms with E-state index in [-0.39, 0.29) is 17.9 Å². The summed E-state index contributed by atoms with van der Waals surface area (Å²) in [5.41, 5.74) is 5.47. The molecule has 6 nitrogen and oxygen atoms in total. The molecular weight excluding hydrogens is 256 g/mol. The number of furan rings is 1. The van der Waals surface area contributed by atoms with Crippen molar-refractivity contribution in [1.82, 2.24) is 14.9 Å². The summed E-state index contributed by atoms with van der Waals surface area (Å²) in [6, 6.07) is 2.89. The number of carbonyl (C=O) groups excluding carboxylic acids is 1. The number of amides is 1. The van der Waals surface area contributed by atoms with E-state index in [4.69, 9.17) is 10.2 Å². The third-order valence-corrected chi connectivity index (χ3v) is 3.26. The Kier molecular flexibility index (Phi) is 4.24. The Morgan fingerprint density at radius 1 is 1.50 bits per heavy atom. The van der Waals surface area contributed by atoms with Crippen molar-refractivity contribution in [3.05, 3.63) is 42.4 Å². The number of hydrogen-bond acceptors (Lipinski definition) is 4. The molecule has 2 rings (SSSR count). The molecule has 0 aliphatic carbocycles. The van der Waals surface area contributed by atoms with Gasteiger partial charge in [0.1, 0.15) is 17.6 Å². The first-order chi connectivity index (χ1) is 9.50. The summed E-state index contributed by atoms with van der Waals surface area (Å²) < 4.78 is 7.35. The number of hydrogen-bond donors (Lipinski definition) is 2. The van der Waals surface area contributed by atoms with Crippen LogP contribution in [0.4, 0.5) is 0 Å². The van der Waals surface area contributed by atoms with Gasteiger partial charge in [0.2, 0.25) is 5.91 Å². The van der Waals surface area contributed by atoms with Crippen LogP contribution in [0.2, 0.25) is 0 Å². The van der Waals surface area contributed by atoms with Crippen molar-refractivity contribution in [1.29, 1.82) is 0 Å².